The molecule has 2 aromatic carbocycles. The van der Waals surface area contributed by atoms with Gasteiger partial charge in [-0.3, -0.25) is 9.89 Å². The van der Waals surface area contributed by atoms with Crippen LogP contribution in [0.4, 0.5) is 0 Å². The number of H-pyrrole nitrogens is 1. The lowest BCUT2D eigenvalue weighted by atomic mass is 10.0. The molecule has 0 aliphatic rings. The summed E-state index contributed by atoms with van der Waals surface area (Å²) in [5.41, 5.74) is 5.35. The monoisotopic (exact) mass is 413 g/mol. The van der Waals surface area contributed by atoms with Crippen LogP contribution < -0.4 is 10.3 Å². The summed E-state index contributed by atoms with van der Waals surface area (Å²) < 4.78 is 7.35. The Bertz CT molecular complexity index is 1380. The number of thiophene rings is 1. The van der Waals surface area contributed by atoms with Crippen LogP contribution in [0.2, 0.25) is 0 Å². The summed E-state index contributed by atoms with van der Waals surface area (Å²) in [5, 5.41) is 5.40. The van der Waals surface area contributed by atoms with Gasteiger partial charge in [0, 0.05) is 22.7 Å². The molecule has 3 heterocycles. The zero-order valence-electron chi connectivity index (χ0n) is 16.3. The van der Waals surface area contributed by atoms with E-state index in [9.17, 15) is 4.79 Å². The normalized spacial score (nSPS) is 11.1. The summed E-state index contributed by atoms with van der Waals surface area (Å²) in [6.45, 7) is 2.52. The number of rotatable bonds is 5. The van der Waals surface area contributed by atoms with Crippen LogP contribution in [0.15, 0.2) is 83.1 Å². The largest absolute Gasteiger partial charge is 0.493 e. The van der Waals surface area contributed by atoms with Crippen molar-refractivity contribution in [1.29, 1.82) is 0 Å². The van der Waals surface area contributed by atoms with Gasteiger partial charge in [-0.25, -0.2) is 9.50 Å². The molecular formula is C24H19N3O2S. The van der Waals surface area contributed by atoms with E-state index in [1.807, 2.05) is 49.4 Å². The van der Waals surface area contributed by atoms with Gasteiger partial charge in [-0.05, 0) is 41.6 Å². The average molecular weight is 414 g/mol. The maximum Gasteiger partial charge on any atom is 0.272 e. The number of aromatic nitrogens is 3. The van der Waals surface area contributed by atoms with Crippen LogP contribution >= 0.6 is 11.3 Å². The van der Waals surface area contributed by atoms with Gasteiger partial charge in [-0.2, -0.15) is 0 Å². The van der Waals surface area contributed by atoms with Crippen LogP contribution in [0.3, 0.4) is 0 Å². The fourth-order valence-corrected chi connectivity index (χ4v) is 4.57. The topological polar surface area (TPSA) is 59.4 Å². The van der Waals surface area contributed by atoms with Crippen LogP contribution in [0.1, 0.15) is 6.92 Å². The number of nitrogens with zero attached hydrogens (tertiary/aromatic N) is 2. The first-order valence-electron chi connectivity index (χ1n) is 9.72. The number of ether oxygens (including phenoxy) is 1. The van der Waals surface area contributed by atoms with Crippen molar-refractivity contribution in [2.45, 2.75) is 6.92 Å². The van der Waals surface area contributed by atoms with Gasteiger partial charge in [-0.15, -0.1) is 11.3 Å². The molecule has 5 rings (SSSR count). The molecule has 0 fully saturated rings. The SMILES string of the molecule is CCOc1ccccc1-c1[nH]n2c(=O)ccnc2c1-c1cc(-c2ccccc2)cs1. The molecular weight excluding hydrogens is 394 g/mol. The zero-order valence-corrected chi connectivity index (χ0v) is 17.1. The molecule has 6 heteroatoms. The number of fused-ring (bicyclic) bond motifs is 1. The van der Waals surface area contributed by atoms with Crippen molar-refractivity contribution in [1.82, 2.24) is 14.6 Å². The molecule has 0 aliphatic heterocycles. The van der Waals surface area contributed by atoms with Crippen molar-refractivity contribution in [2.24, 2.45) is 0 Å². The van der Waals surface area contributed by atoms with E-state index in [-0.39, 0.29) is 5.56 Å². The first kappa shape index (κ1) is 18.4. The van der Waals surface area contributed by atoms with E-state index in [1.165, 1.54) is 10.6 Å². The van der Waals surface area contributed by atoms with Crippen LogP contribution in [-0.2, 0) is 0 Å². The van der Waals surface area contributed by atoms with Gasteiger partial charge in [0.15, 0.2) is 5.65 Å². The molecule has 0 atom stereocenters. The van der Waals surface area contributed by atoms with Crippen molar-refractivity contribution >= 4 is 17.0 Å². The van der Waals surface area contributed by atoms with Crippen LogP contribution in [0.5, 0.6) is 5.75 Å². The number of aromatic amines is 1. The third kappa shape index (κ3) is 3.11. The first-order valence-corrected chi connectivity index (χ1v) is 10.6. The van der Waals surface area contributed by atoms with E-state index in [4.69, 9.17) is 4.74 Å². The van der Waals surface area contributed by atoms with Gasteiger partial charge in [0.2, 0.25) is 0 Å². The van der Waals surface area contributed by atoms with E-state index in [0.717, 1.165) is 38.6 Å². The van der Waals surface area contributed by atoms with E-state index in [0.29, 0.717) is 12.3 Å². The molecule has 0 spiro atoms. The Morgan fingerprint density at radius 2 is 1.83 bits per heavy atom. The molecule has 0 unspecified atom stereocenters. The summed E-state index contributed by atoms with van der Waals surface area (Å²) in [5.74, 6) is 0.765. The third-order valence-electron chi connectivity index (χ3n) is 4.95. The lowest BCUT2D eigenvalue weighted by Crippen LogP contribution is -2.12. The van der Waals surface area contributed by atoms with E-state index >= 15 is 0 Å². The highest BCUT2D eigenvalue weighted by atomic mass is 32.1. The van der Waals surface area contributed by atoms with E-state index in [1.54, 1.807) is 17.5 Å². The predicted octanol–water partition coefficient (Wildman–Crippen LogP) is 5.48. The minimum absolute atomic E-state index is 0.152. The maximum atomic E-state index is 12.5. The van der Waals surface area contributed by atoms with Crippen molar-refractivity contribution < 1.29 is 4.74 Å². The Kier molecular flexibility index (Phi) is 4.69. The minimum atomic E-state index is -0.152. The summed E-state index contributed by atoms with van der Waals surface area (Å²) in [6.07, 6.45) is 1.55. The van der Waals surface area contributed by atoms with E-state index in [2.05, 4.69) is 33.7 Å². The minimum Gasteiger partial charge on any atom is -0.493 e. The molecule has 0 saturated carbocycles. The highest BCUT2D eigenvalue weighted by Crippen LogP contribution is 2.42. The average Bonchev–Trinajstić information content (AvgIpc) is 3.40. The lowest BCUT2D eigenvalue weighted by Gasteiger charge is -2.09. The van der Waals surface area contributed by atoms with Gasteiger partial charge < -0.3 is 4.74 Å². The number of para-hydroxylation sites is 1. The molecule has 0 amide bonds. The maximum absolute atomic E-state index is 12.5. The molecule has 3 aromatic heterocycles. The molecule has 0 bridgehead atoms. The summed E-state index contributed by atoms with van der Waals surface area (Å²) in [4.78, 5) is 18.1. The Morgan fingerprint density at radius 1 is 1.03 bits per heavy atom. The smallest absolute Gasteiger partial charge is 0.272 e. The highest BCUT2D eigenvalue weighted by molar-refractivity contribution is 7.14. The quantitative estimate of drug-likeness (QED) is 0.415. The Labute approximate surface area is 177 Å². The van der Waals surface area contributed by atoms with Crippen molar-refractivity contribution in [3.05, 3.63) is 88.7 Å². The fraction of sp³-hybridized carbons (Fsp3) is 0.0833. The zero-order chi connectivity index (χ0) is 20.5. The van der Waals surface area contributed by atoms with Crippen molar-refractivity contribution in [2.75, 3.05) is 6.61 Å². The second-order valence-corrected chi connectivity index (χ2v) is 7.71. The van der Waals surface area contributed by atoms with Gasteiger partial charge in [0.25, 0.3) is 5.56 Å². The predicted molar refractivity (Wildman–Crippen MR) is 121 cm³/mol. The number of benzene rings is 2. The summed E-state index contributed by atoms with van der Waals surface area (Å²) in [6, 6.07) is 21.7. The van der Waals surface area contributed by atoms with Crippen LogP contribution in [0.25, 0.3) is 38.5 Å². The fourth-order valence-electron chi connectivity index (χ4n) is 3.60. The molecule has 5 aromatic rings. The Balaban J connectivity index is 1.77. The number of hydrogen-bond donors (Lipinski definition) is 1. The van der Waals surface area contributed by atoms with E-state index < -0.39 is 0 Å². The lowest BCUT2D eigenvalue weighted by molar-refractivity contribution is 0.341. The van der Waals surface area contributed by atoms with Crippen LogP contribution in [0, 0.1) is 0 Å². The molecule has 30 heavy (non-hydrogen) atoms. The molecule has 0 aliphatic carbocycles. The molecule has 0 saturated heterocycles. The molecule has 1 N–H and O–H groups in total. The van der Waals surface area contributed by atoms with Crippen molar-refractivity contribution in [3.8, 4) is 38.6 Å². The summed E-state index contributed by atoms with van der Waals surface area (Å²) >= 11 is 1.63. The van der Waals surface area contributed by atoms with Gasteiger partial charge in [0.1, 0.15) is 5.75 Å². The second kappa shape index (κ2) is 7.65. The second-order valence-electron chi connectivity index (χ2n) is 6.80. The van der Waals surface area contributed by atoms with Crippen LogP contribution in [-0.4, -0.2) is 21.2 Å². The summed E-state index contributed by atoms with van der Waals surface area (Å²) in [7, 11) is 0. The van der Waals surface area contributed by atoms with Gasteiger partial charge in [-0.1, -0.05) is 42.5 Å². The van der Waals surface area contributed by atoms with Gasteiger partial charge in [0.05, 0.1) is 17.9 Å². The number of nitrogens with one attached hydrogen (secondary N) is 1. The Hall–Kier alpha value is -3.64. The molecule has 5 nitrogen and oxygen atoms in total. The first-order chi connectivity index (χ1) is 14.8. The third-order valence-corrected chi connectivity index (χ3v) is 5.90. The number of hydrogen-bond acceptors (Lipinski definition) is 4. The van der Waals surface area contributed by atoms with Crippen molar-refractivity contribution in [3.63, 3.8) is 0 Å². The molecule has 0 radical (unpaired) electrons. The molecule has 148 valence electrons. The standard InChI is InChI=1S/C24H19N3O2S/c1-2-29-19-11-7-6-10-18(19)23-22(24-25-13-12-21(28)27(24)26-23)20-14-17(15-30-20)16-8-4-3-5-9-16/h3-15,26H,2H2,1H3. The Morgan fingerprint density at radius 3 is 2.67 bits per heavy atom. The highest BCUT2D eigenvalue weighted by Gasteiger charge is 2.21. The van der Waals surface area contributed by atoms with Gasteiger partial charge >= 0.3 is 0 Å².